The van der Waals surface area contributed by atoms with E-state index in [1.807, 2.05) is 30.0 Å². The van der Waals surface area contributed by atoms with Gasteiger partial charge in [0.05, 0.1) is 12.8 Å². The fourth-order valence-corrected chi connectivity index (χ4v) is 3.12. The largest absolute Gasteiger partial charge is 0.497 e. The number of hydrogen-bond acceptors (Lipinski definition) is 3. The third-order valence-corrected chi connectivity index (χ3v) is 4.32. The number of methoxy groups -OCH3 is 1. The number of ether oxygens (including phenoxy) is 1. The van der Waals surface area contributed by atoms with Gasteiger partial charge in [-0.25, -0.2) is 0 Å². The van der Waals surface area contributed by atoms with Gasteiger partial charge in [0.2, 0.25) is 0 Å². The van der Waals surface area contributed by atoms with E-state index in [4.69, 9.17) is 4.74 Å². The maximum absolute atomic E-state index is 5.21. The van der Waals surface area contributed by atoms with E-state index in [1.54, 1.807) is 7.11 Å². The number of anilines is 1. The Bertz CT molecular complexity index is 339. The fraction of sp³-hybridized carbons (Fsp3) is 0.455. The molecule has 1 aromatic rings. The zero-order chi connectivity index (χ0) is 10.7. The standard InChI is InChI=1S/C11H14BrNOS/c1-14-9-2-3-10(12)11(6-9)13-8-4-5-15-7-8/h2-3,6,8,13H,4-5,7H2,1H3. The molecule has 1 heterocycles. The molecule has 0 bridgehead atoms. The highest BCUT2D eigenvalue weighted by molar-refractivity contribution is 9.10. The molecule has 82 valence electrons. The molecule has 0 aromatic heterocycles. The Labute approximate surface area is 103 Å². The molecular weight excluding hydrogens is 274 g/mol. The quantitative estimate of drug-likeness (QED) is 0.921. The number of nitrogens with one attached hydrogen (secondary N) is 1. The van der Waals surface area contributed by atoms with Crippen LogP contribution in [0.4, 0.5) is 5.69 Å². The van der Waals surface area contributed by atoms with Gasteiger partial charge in [-0.05, 0) is 40.2 Å². The molecule has 0 amide bonds. The molecule has 2 rings (SSSR count). The van der Waals surface area contributed by atoms with Crippen molar-refractivity contribution in [3.8, 4) is 5.75 Å². The van der Waals surface area contributed by atoms with Crippen LogP contribution in [0.25, 0.3) is 0 Å². The summed E-state index contributed by atoms with van der Waals surface area (Å²) in [6.45, 7) is 0. The summed E-state index contributed by atoms with van der Waals surface area (Å²) in [5.41, 5.74) is 1.13. The van der Waals surface area contributed by atoms with Crippen molar-refractivity contribution in [1.29, 1.82) is 0 Å². The van der Waals surface area contributed by atoms with Gasteiger partial charge >= 0.3 is 0 Å². The van der Waals surface area contributed by atoms with E-state index in [0.717, 1.165) is 15.9 Å². The van der Waals surface area contributed by atoms with Gasteiger partial charge in [0, 0.05) is 22.3 Å². The Morgan fingerprint density at radius 2 is 2.40 bits per heavy atom. The number of hydrogen-bond donors (Lipinski definition) is 1. The molecule has 0 saturated carbocycles. The first-order chi connectivity index (χ1) is 7.29. The minimum absolute atomic E-state index is 0.596. The molecule has 2 nitrogen and oxygen atoms in total. The number of rotatable bonds is 3. The smallest absolute Gasteiger partial charge is 0.121 e. The van der Waals surface area contributed by atoms with Crippen molar-refractivity contribution >= 4 is 33.4 Å². The molecular formula is C11H14BrNOS. The molecule has 0 aliphatic carbocycles. The summed E-state index contributed by atoms with van der Waals surface area (Å²) in [6.07, 6.45) is 1.24. The maximum atomic E-state index is 5.21. The summed E-state index contributed by atoms with van der Waals surface area (Å²) in [6, 6.07) is 6.60. The zero-order valence-corrected chi connectivity index (χ0v) is 11.0. The van der Waals surface area contributed by atoms with Gasteiger partial charge in [-0.2, -0.15) is 11.8 Å². The third-order valence-electron chi connectivity index (χ3n) is 2.46. The lowest BCUT2D eigenvalue weighted by atomic mass is 10.2. The Morgan fingerprint density at radius 1 is 1.53 bits per heavy atom. The molecule has 1 aromatic carbocycles. The monoisotopic (exact) mass is 287 g/mol. The predicted octanol–water partition coefficient (Wildman–Crippen LogP) is 3.38. The van der Waals surface area contributed by atoms with Crippen LogP contribution in [0.3, 0.4) is 0 Å². The van der Waals surface area contributed by atoms with Crippen LogP contribution in [-0.4, -0.2) is 24.7 Å². The first kappa shape index (κ1) is 11.1. The molecule has 1 fully saturated rings. The van der Waals surface area contributed by atoms with Gasteiger partial charge < -0.3 is 10.1 Å². The van der Waals surface area contributed by atoms with Gasteiger partial charge in [-0.3, -0.25) is 0 Å². The van der Waals surface area contributed by atoms with E-state index in [2.05, 4.69) is 21.2 Å². The highest BCUT2D eigenvalue weighted by Gasteiger charge is 2.16. The van der Waals surface area contributed by atoms with Gasteiger partial charge in [0.1, 0.15) is 5.75 Å². The average molecular weight is 288 g/mol. The van der Waals surface area contributed by atoms with Crippen LogP contribution in [0.2, 0.25) is 0 Å². The van der Waals surface area contributed by atoms with Crippen molar-refractivity contribution in [1.82, 2.24) is 0 Å². The summed E-state index contributed by atoms with van der Waals surface area (Å²) in [5, 5.41) is 3.54. The maximum Gasteiger partial charge on any atom is 0.121 e. The topological polar surface area (TPSA) is 21.3 Å². The van der Waals surface area contributed by atoms with Crippen LogP contribution in [0, 0.1) is 0 Å². The lowest BCUT2D eigenvalue weighted by molar-refractivity contribution is 0.415. The number of benzene rings is 1. The van der Waals surface area contributed by atoms with Crippen molar-refractivity contribution in [2.45, 2.75) is 12.5 Å². The molecule has 1 aliphatic heterocycles. The summed E-state index contributed by atoms with van der Waals surface area (Å²) in [4.78, 5) is 0. The summed E-state index contributed by atoms with van der Waals surface area (Å²) in [5.74, 6) is 3.36. The average Bonchev–Trinajstić information content (AvgIpc) is 2.74. The first-order valence-electron chi connectivity index (χ1n) is 4.97. The highest BCUT2D eigenvalue weighted by Crippen LogP contribution is 2.30. The second kappa shape index (κ2) is 5.12. The molecule has 1 N–H and O–H groups in total. The molecule has 1 saturated heterocycles. The van der Waals surface area contributed by atoms with Crippen molar-refractivity contribution in [2.24, 2.45) is 0 Å². The summed E-state index contributed by atoms with van der Waals surface area (Å²) >= 11 is 5.55. The first-order valence-corrected chi connectivity index (χ1v) is 6.92. The van der Waals surface area contributed by atoms with E-state index in [1.165, 1.54) is 17.9 Å². The predicted molar refractivity (Wildman–Crippen MR) is 70.0 cm³/mol. The third kappa shape index (κ3) is 2.82. The van der Waals surface area contributed by atoms with Crippen molar-refractivity contribution in [3.63, 3.8) is 0 Å². The Kier molecular flexibility index (Phi) is 3.81. The second-order valence-electron chi connectivity index (χ2n) is 3.55. The second-order valence-corrected chi connectivity index (χ2v) is 5.55. The Balaban J connectivity index is 2.11. The van der Waals surface area contributed by atoms with Crippen LogP contribution < -0.4 is 10.1 Å². The number of halogens is 1. The lowest BCUT2D eigenvalue weighted by Crippen LogP contribution is -2.18. The number of thioether (sulfide) groups is 1. The summed E-state index contributed by atoms with van der Waals surface area (Å²) < 4.78 is 6.31. The molecule has 1 aliphatic rings. The van der Waals surface area contributed by atoms with Gasteiger partial charge in [-0.1, -0.05) is 0 Å². The Morgan fingerprint density at radius 3 is 3.07 bits per heavy atom. The molecule has 15 heavy (non-hydrogen) atoms. The normalized spacial score (nSPS) is 20.3. The van der Waals surface area contributed by atoms with E-state index in [-0.39, 0.29) is 0 Å². The lowest BCUT2D eigenvalue weighted by Gasteiger charge is -2.15. The SMILES string of the molecule is COc1ccc(Br)c(NC2CCSC2)c1. The molecule has 1 unspecified atom stereocenters. The van der Waals surface area contributed by atoms with Gasteiger partial charge in [-0.15, -0.1) is 0 Å². The van der Waals surface area contributed by atoms with E-state index in [9.17, 15) is 0 Å². The van der Waals surface area contributed by atoms with Crippen LogP contribution in [0.1, 0.15) is 6.42 Å². The highest BCUT2D eigenvalue weighted by atomic mass is 79.9. The van der Waals surface area contributed by atoms with Gasteiger partial charge in [0.15, 0.2) is 0 Å². The van der Waals surface area contributed by atoms with Crippen LogP contribution >= 0.6 is 27.7 Å². The van der Waals surface area contributed by atoms with E-state index < -0.39 is 0 Å². The zero-order valence-electron chi connectivity index (χ0n) is 8.63. The van der Waals surface area contributed by atoms with Crippen molar-refractivity contribution in [2.75, 3.05) is 23.9 Å². The van der Waals surface area contributed by atoms with E-state index in [0.29, 0.717) is 6.04 Å². The Hall–Kier alpha value is -0.350. The van der Waals surface area contributed by atoms with Crippen molar-refractivity contribution in [3.05, 3.63) is 22.7 Å². The van der Waals surface area contributed by atoms with Crippen LogP contribution in [0.5, 0.6) is 5.75 Å². The summed E-state index contributed by atoms with van der Waals surface area (Å²) in [7, 11) is 1.69. The fourth-order valence-electron chi connectivity index (χ4n) is 1.61. The van der Waals surface area contributed by atoms with Crippen LogP contribution in [-0.2, 0) is 0 Å². The van der Waals surface area contributed by atoms with Gasteiger partial charge in [0.25, 0.3) is 0 Å². The van der Waals surface area contributed by atoms with Crippen LogP contribution in [0.15, 0.2) is 22.7 Å². The minimum atomic E-state index is 0.596. The molecule has 1 atom stereocenters. The van der Waals surface area contributed by atoms with E-state index >= 15 is 0 Å². The molecule has 0 spiro atoms. The minimum Gasteiger partial charge on any atom is -0.497 e. The molecule has 0 radical (unpaired) electrons. The van der Waals surface area contributed by atoms with Crippen molar-refractivity contribution < 1.29 is 4.74 Å². The molecule has 4 heteroatoms.